The van der Waals surface area contributed by atoms with Crippen molar-refractivity contribution in [1.29, 1.82) is 0 Å². The third kappa shape index (κ3) is 4.08. The predicted octanol–water partition coefficient (Wildman–Crippen LogP) is 3.31. The number of rotatable bonds is 4. The lowest BCUT2D eigenvalue weighted by atomic mass is 10.1. The summed E-state index contributed by atoms with van der Waals surface area (Å²) in [6.07, 6.45) is 0. The van der Waals surface area contributed by atoms with Crippen molar-refractivity contribution in [3.05, 3.63) is 42.5 Å². The van der Waals surface area contributed by atoms with E-state index in [1.165, 1.54) is 16.5 Å². The molecule has 2 nitrogen and oxygen atoms in total. The van der Waals surface area contributed by atoms with Crippen molar-refractivity contribution < 1.29 is 0 Å². The molecule has 0 heterocycles. The molecular formula is C13H18Cl2N2. The molecule has 0 aromatic heterocycles. The van der Waals surface area contributed by atoms with Gasteiger partial charge in [0.2, 0.25) is 0 Å². The Labute approximate surface area is 115 Å². The van der Waals surface area contributed by atoms with Crippen molar-refractivity contribution in [2.75, 3.05) is 25.5 Å². The summed E-state index contributed by atoms with van der Waals surface area (Å²) < 4.78 is 0. The van der Waals surface area contributed by atoms with Crippen LogP contribution in [0.15, 0.2) is 42.5 Å². The molecule has 0 radical (unpaired) electrons. The highest BCUT2D eigenvalue weighted by Crippen LogP contribution is 2.22. The van der Waals surface area contributed by atoms with Gasteiger partial charge in [-0.15, -0.1) is 24.8 Å². The van der Waals surface area contributed by atoms with E-state index in [1.807, 2.05) is 7.05 Å². The monoisotopic (exact) mass is 272 g/mol. The van der Waals surface area contributed by atoms with Gasteiger partial charge in [-0.2, -0.15) is 0 Å². The first-order chi connectivity index (χ1) is 7.42. The van der Waals surface area contributed by atoms with Crippen LogP contribution in [0, 0.1) is 0 Å². The molecule has 0 fully saturated rings. The molecule has 2 N–H and O–H groups in total. The van der Waals surface area contributed by atoms with Gasteiger partial charge in [-0.25, -0.2) is 0 Å². The van der Waals surface area contributed by atoms with Crippen LogP contribution in [0.5, 0.6) is 0 Å². The number of likely N-dealkylation sites (N-methyl/N-ethyl adjacent to an activating group) is 1. The molecule has 0 saturated carbocycles. The quantitative estimate of drug-likeness (QED) is 0.835. The Hall–Kier alpha value is -0.960. The van der Waals surface area contributed by atoms with Crippen LogP contribution in [0.4, 0.5) is 5.69 Å². The number of fused-ring (bicyclic) bond motifs is 1. The molecule has 0 aliphatic heterocycles. The maximum atomic E-state index is 3.43. The molecule has 0 aliphatic rings. The zero-order valence-corrected chi connectivity index (χ0v) is 11.4. The zero-order chi connectivity index (χ0) is 10.5. The molecule has 94 valence electrons. The Bertz CT molecular complexity index is 441. The van der Waals surface area contributed by atoms with E-state index in [0.29, 0.717) is 0 Å². The van der Waals surface area contributed by atoms with Crippen LogP contribution in [-0.4, -0.2) is 20.1 Å². The van der Waals surface area contributed by atoms with Crippen molar-refractivity contribution in [3.8, 4) is 0 Å². The fourth-order valence-corrected chi connectivity index (χ4v) is 1.70. The zero-order valence-electron chi connectivity index (χ0n) is 9.77. The summed E-state index contributed by atoms with van der Waals surface area (Å²) in [5, 5.41) is 9.12. The molecule has 0 spiro atoms. The summed E-state index contributed by atoms with van der Waals surface area (Å²) >= 11 is 0. The minimum absolute atomic E-state index is 0. The summed E-state index contributed by atoms with van der Waals surface area (Å²) in [7, 11) is 1.96. The summed E-state index contributed by atoms with van der Waals surface area (Å²) in [6.45, 7) is 1.92. The second-order valence-corrected chi connectivity index (χ2v) is 3.56. The van der Waals surface area contributed by atoms with E-state index in [-0.39, 0.29) is 24.8 Å². The molecule has 2 rings (SSSR count). The average molecular weight is 273 g/mol. The lowest BCUT2D eigenvalue weighted by molar-refractivity contribution is 0.824. The lowest BCUT2D eigenvalue weighted by Crippen LogP contribution is -2.17. The highest BCUT2D eigenvalue weighted by molar-refractivity contribution is 5.93. The first kappa shape index (κ1) is 16.0. The minimum Gasteiger partial charge on any atom is -0.383 e. The third-order valence-electron chi connectivity index (χ3n) is 2.48. The summed E-state index contributed by atoms with van der Waals surface area (Å²) in [5.41, 5.74) is 1.21. The Morgan fingerprint density at radius 3 is 2.35 bits per heavy atom. The van der Waals surface area contributed by atoms with Gasteiger partial charge in [-0.05, 0) is 18.5 Å². The fraction of sp³-hybridized carbons (Fsp3) is 0.231. The maximum Gasteiger partial charge on any atom is 0.0420 e. The highest BCUT2D eigenvalue weighted by atomic mass is 35.5. The average Bonchev–Trinajstić information content (AvgIpc) is 2.30. The Morgan fingerprint density at radius 1 is 0.882 bits per heavy atom. The second kappa shape index (κ2) is 8.18. The van der Waals surface area contributed by atoms with Crippen LogP contribution < -0.4 is 10.6 Å². The van der Waals surface area contributed by atoms with Gasteiger partial charge in [0.25, 0.3) is 0 Å². The number of hydrogen-bond acceptors (Lipinski definition) is 2. The van der Waals surface area contributed by atoms with Crippen molar-refractivity contribution in [1.82, 2.24) is 5.32 Å². The highest BCUT2D eigenvalue weighted by Gasteiger charge is 1.97. The number of halogens is 2. The van der Waals surface area contributed by atoms with Crippen molar-refractivity contribution in [3.63, 3.8) is 0 Å². The van der Waals surface area contributed by atoms with Gasteiger partial charge >= 0.3 is 0 Å². The molecule has 0 aliphatic carbocycles. The van der Waals surface area contributed by atoms with Crippen LogP contribution in [0.1, 0.15) is 0 Å². The molecule has 4 heteroatoms. The lowest BCUT2D eigenvalue weighted by Gasteiger charge is -2.09. The smallest absolute Gasteiger partial charge is 0.0420 e. The molecule has 0 unspecified atom stereocenters. The van der Waals surface area contributed by atoms with E-state index in [4.69, 9.17) is 0 Å². The molecule has 2 aromatic carbocycles. The van der Waals surface area contributed by atoms with Gasteiger partial charge in [-0.3, -0.25) is 0 Å². The first-order valence-corrected chi connectivity index (χ1v) is 5.28. The van der Waals surface area contributed by atoms with E-state index in [0.717, 1.165) is 13.1 Å². The van der Waals surface area contributed by atoms with E-state index in [2.05, 4.69) is 53.1 Å². The van der Waals surface area contributed by atoms with Gasteiger partial charge in [-0.1, -0.05) is 36.4 Å². The molecule has 0 saturated heterocycles. The summed E-state index contributed by atoms with van der Waals surface area (Å²) in [5.74, 6) is 0. The summed E-state index contributed by atoms with van der Waals surface area (Å²) in [4.78, 5) is 0. The third-order valence-corrected chi connectivity index (χ3v) is 2.48. The molecule has 0 atom stereocenters. The maximum absolute atomic E-state index is 3.43. The predicted molar refractivity (Wildman–Crippen MR) is 80.9 cm³/mol. The van der Waals surface area contributed by atoms with Gasteiger partial charge in [0.1, 0.15) is 0 Å². The van der Waals surface area contributed by atoms with Crippen molar-refractivity contribution in [2.24, 2.45) is 0 Å². The number of nitrogens with one attached hydrogen (secondary N) is 2. The second-order valence-electron chi connectivity index (χ2n) is 3.56. The summed E-state index contributed by atoms with van der Waals surface area (Å²) in [6, 6.07) is 14.8. The Balaban J connectivity index is 0.00000128. The van der Waals surface area contributed by atoms with E-state index < -0.39 is 0 Å². The number of hydrogen-bond donors (Lipinski definition) is 2. The molecule has 0 amide bonds. The molecular weight excluding hydrogens is 255 g/mol. The molecule has 2 aromatic rings. The van der Waals surface area contributed by atoms with Crippen molar-refractivity contribution in [2.45, 2.75) is 0 Å². The number of anilines is 1. The number of benzene rings is 2. The van der Waals surface area contributed by atoms with E-state index in [1.54, 1.807) is 0 Å². The largest absolute Gasteiger partial charge is 0.383 e. The normalized spacial score (nSPS) is 9.24. The van der Waals surface area contributed by atoms with Gasteiger partial charge in [0.05, 0.1) is 0 Å². The molecule has 17 heavy (non-hydrogen) atoms. The topological polar surface area (TPSA) is 24.1 Å². The van der Waals surface area contributed by atoms with Crippen molar-refractivity contribution >= 4 is 41.3 Å². The van der Waals surface area contributed by atoms with Crippen LogP contribution in [-0.2, 0) is 0 Å². The van der Waals surface area contributed by atoms with Gasteiger partial charge in [0, 0.05) is 24.2 Å². The standard InChI is InChI=1S/C13H16N2.2ClH/c1-14-9-10-15-13-8-4-6-11-5-2-3-7-12(11)13;;/h2-8,14-15H,9-10H2,1H3;2*1H. The van der Waals surface area contributed by atoms with E-state index in [9.17, 15) is 0 Å². The van der Waals surface area contributed by atoms with Gasteiger partial charge < -0.3 is 10.6 Å². The fourth-order valence-electron chi connectivity index (χ4n) is 1.70. The van der Waals surface area contributed by atoms with Crippen LogP contribution >= 0.6 is 24.8 Å². The van der Waals surface area contributed by atoms with Crippen LogP contribution in [0.3, 0.4) is 0 Å². The first-order valence-electron chi connectivity index (χ1n) is 5.28. The SMILES string of the molecule is CNCCNc1cccc2ccccc12.Cl.Cl. The minimum atomic E-state index is 0. The Kier molecular flexibility index (Phi) is 7.72. The van der Waals surface area contributed by atoms with Crippen LogP contribution in [0.2, 0.25) is 0 Å². The van der Waals surface area contributed by atoms with Crippen LogP contribution in [0.25, 0.3) is 10.8 Å². The van der Waals surface area contributed by atoms with E-state index >= 15 is 0 Å². The Morgan fingerprint density at radius 2 is 1.59 bits per heavy atom. The van der Waals surface area contributed by atoms with Gasteiger partial charge in [0.15, 0.2) is 0 Å². The molecule has 0 bridgehead atoms.